The van der Waals surface area contributed by atoms with Crippen molar-refractivity contribution in [2.75, 3.05) is 19.0 Å². The minimum absolute atomic E-state index is 0.136. The van der Waals surface area contributed by atoms with Crippen LogP contribution in [0, 0.1) is 18.3 Å². The van der Waals surface area contributed by atoms with E-state index in [0.717, 1.165) is 11.3 Å². The molecule has 0 saturated heterocycles. The lowest BCUT2D eigenvalue weighted by molar-refractivity contribution is 0.104. The van der Waals surface area contributed by atoms with Crippen LogP contribution in [0.2, 0.25) is 0 Å². The highest BCUT2D eigenvalue weighted by atomic mass is 16.1. The van der Waals surface area contributed by atoms with Gasteiger partial charge in [0.15, 0.2) is 5.78 Å². The van der Waals surface area contributed by atoms with Gasteiger partial charge in [0.2, 0.25) is 0 Å². The highest BCUT2D eigenvalue weighted by molar-refractivity contribution is 6.06. The molecule has 0 aliphatic rings. The molecule has 0 aliphatic heterocycles. The highest BCUT2D eigenvalue weighted by Gasteiger charge is 2.09. The van der Waals surface area contributed by atoms with Gasteiger partial charge in [-0.05, 0) is 24.6 Å². The number of carbonyl (C=O) groups excluding carboxylic acids is 1. The zero-order chi connectivity index (χ0) is 12.1. The summed E-state index contributed by atoms with van der Waals surface area (Å²) >= 11 is 0. The molecule has 0 heterocycles. The van der Waals surface area contributed by atoms with E-state index in [1.807, 2.05) is 44.1 Å². The molecule has 0 fully saturated rings. The summed E-state index contributed by atoms with van der Waals surface area (Å²) in [6, 6.07) is 7.39. The van der Waals surface area contributed by atoms with E-state index in [1.54, 1.807) is 6.07 Å². The third-order valence-electron chi connectivity index (χ3n) is 2.36. The molecule has 0 spiro atoms. The fourth-order valence-electron chi connectivity index (χ4n) is 1.58. The quantitative estimate of drug-likeness (QED) is 0.440. The van der Waals surface area contributed by atoms with E-state index >= 15 is 0 Å². The molecule has 0 aliphatic carbocycles. The SMILES string of the molecule is Cc1c(C(=O)C=CC#N)cccc1N(C)C. The van der Waals surface area contributed by atoms with Crippen molar-refractivity contribution in [3.63, 3.8) is 0 Å². The zero-order valence-electron chi connectivity index (χ0n) is 9.69. The average Bonchev–Trinajstić information content (AvgIpc) is 2.25. The number of hydrogen-bond donors (Lipinski definition) is 0. The van der Waals surface area contributed by atoms with Crippen LogP contribution in [-0.2, 0) is 0 Å². The Hall–Kier alpha value is -2.08. The molecule has 0 unspecified atom stereocenters. The number of hydrogen-bond acceptors (Lipinski definition) is 3. The van der Waals surface area contributed by atoms with Crippen LogP contribution in [-0.4, -0.2) is 19.9 Å². The van der Waals surface area contributed by atoms with E-state index in [1.165, 1.54) is 12.2 Å². The van der Waals surface area contributed by atoms with Gasteiger partial charge in [0.25, 0.3) is 0 Å². The lowest BCUT2D eigenvalue weighted by Gasteiger charge is -2.17. The molecular weight excluding hydrogens is 200 g/mol. The van der Waals surface area contributed by atoms with Gasteiger partial charge in [-0.1, -0.05) is 12.1 Å². The minimum Gasteiger partial charge on any atom is -0.377 e. The molecule has 16 heavy (non-hydrogen) atoms. The summed E-state index contributed by atoms with van der Waals surface area (Å²) in [7, 11) is 3.86. The van der Waals surface area contributed by atoms with Crippen LogP contribution in [0.25, 0.3) is 0 Å². The van der Waals surface area contributed by atoms with Crippen molar-refractivity contribution in [2.45, 2.75) is 6.92 Å². The Morgan fingerprint density at radius 2 is 2.12 bits per heavy atom. The van der Waals surface area contributed by atoms with Crippen molar-refractivity contribution in [1.82, 2.24) is 0 Å². The molecule has 1 rings (SSSR count). The third kappa shape index (κ3) is 2.48. The fourth-order valence-corrected chi connectivity index (χ4v) is 1.58. The molecule has 82 valence electrons. The van der Waals surface area contributed by atoms with Crippen LogP contribution in [0.15, 0.2) is 30.4 Å². The molecule has 0 saturated carbocycles. The van der Waals surface area contributed by atoms with Crippen LogP contribution in [0.4, 0.5) is 5.69 Å². The molecule has 1 aromatic rings. The summed E-state index contributed by atoms with van der Waals surface area (Å²) in [6.07, 6.45) is 2.49. The number of rotatable bonds is 3. The predicted molar refractivity (Wildman–Crippen MR) is 64.6 cm³/mol. The maximum Gasteiger partial charge on any atom is 0.186 e. The molecule has 0 atom stereocenters. The van der Waals surface area contributed by atoms with Crippen LogP contribution in [0.3, 0.4) is 0 Å². The van der Waals surface area contributed by atoms with E-state index in [2.05, 4.69) is 0 Å². The smallest absolute Gasteiger partial charge is 0.186 e. The number of anilines is 1. The Morgan fingerprint density at radius 3 is 2.69 bits per heavy atom. The number of nitriles is 1. The largest absolute Gasteiger partial charge is 0.377 e. The number of nitrogens with zero attached hydrogens (tertiary/aromatic N) is 2. The lowest BCUT2D eigenvalue weighted by Crippen LogP contribution is -2.12. The Bertz CT molecular complexity index is 467. The van der Waals surface area contributed by atoms with Gasteiger partial charge in [0.05, 0.1) is 6.07 Å². The second-order valence-corrected chi connectivity index (χ2v) is 3.67. The topological polar surface area (TPSA) is 44.1 Å². The molecular formula is C13H14N2O. The van der Waals surface area contributed by atoms with E-state index in [-0.39, 0.29) is 5.78 Å². The normalized spacial score (nSPS) is 10.1. The molecule has 0 amide bonds. The number of carbonyl (C=O) groups is 1. The first-order valence-corrected chi connectivity index (χ1v) is 4.95. The summed E-state index contributed by atoms with van der Waals surface area (Å²) in [4.78, 5) is 13.7. The van der Waals surface area contributed by atoms with Crippen molar-refractivity contribution in [3.8, 4) is 6.07 Å². The van der Waals surface area contributed by atoms with Crippen LogP contribution < -0.4 is 4.90 Å². The fraction of sp³-hybridized carbons (Fsp3) is 0.231. The van der Waals surface area contributed by atoms with Crippen molar-refractivity contribution in [1.29, 1.82) is 5.26 Å². The molecule has 0 N–H and O–H groups in total. The van der Waals surface area contributed by atoms with Crippen molar-refractivity contribution in [3.05, 3.63) is 41.5 Å². The third-order valence-corrected chi connectivity index (χ3v) is 2.36. The van der Waals surface area contributed by atoms with Gasteiger partial charge >= 0.3 is 0 Å². The van der Waals surface area contributed by atoms with E-state index in [4.69, 9.17) is 5.26 Å². The van der Waals surface area contributed by atoms with Crippen molar-refractivity contribution < 1.29 is 4.79 Å². The van der Waals surface area contributed by atoms with E-state index in [9.17, 15) is 4.79 Å². The molecule has 3 nitrogen and oxygen atoms in total. The Kier molecular flexibility index (Phi) is 3.84. The first-order valence-electron chi connectivity index (χ1n) is 4.95. The van der Waals surface area contributed by atoms with Crippen molar-refractivity contribution in [2.24, 2.45) is 0 Å². The van der Waals surface area contributed by atoms with Crippen LogP contribution in [0.5, 0.6) is 0 Å². The molecule has 1 aromatic carbocycles. The highest BCUT2D eigenvalue weighted by Crippen LogP contribution is 2.21. The van der Waals surface area contributed by atoms with Gasteiger partial charge in [-0.25, -0.2) is 0 Å². The summed E-state index contributed by atoms with van der Waals surface area (Å²) in [5, 5.41) is 8.38. The predicted octanol–water partition coefficient (Wildman–Crippen LogP) is 2.32. The van der Waals surface area contributed by atoms with Gasteiger partial charge in [-0.3, -0.25) is 4.79 Å². The molecule has 0 bridgehead atoms. The van der Waals surface area contributed by atoms with Gasteiger partial charge in [0, 0.05) is 31.4 Å². The van der Waals surface area contributed by atoms with Gasteiger partial charge in [-0.2, -0.15) is 5.26 Å². The summed E-state index contributed by atoms with van der Waals surface area (Å²) in [5.41, 5.74) is 2.58. The second-order valence-electron chi connectivity index (χ2n) is 3.67. The summed E-state index contributed by atoms with van der Waals surface area (Å²) < 4.78 is 0. The van der Waals surface area contributed by atoms with Gasteiger partial charge < -0.3 is 4.90 Å². The molecule has 0 radical (unpaired) electrons. The number of allylic oxidation sites excluding steroid dienone is 2. The first kappa shape index (κ1) is 12.0. The Morgan fingerprint density at radius 1 is 1.44 bits per heavy atom. The van der Waals surface area contributed by atoms with E-state index < -0.39 is 0 Å². The number of ketones is 1. The first-order chi connectivity index (χ1) is 7.57. The van der Waals surface area contributed by atoms with Crippen molar-refractivity contribution >= 4 is 11.5 Å². The van der Waals surface area contributed by atoms with E-state index in [0.29, 0.717) is 5.56 Å². The summed E-state index contributed by atoms with van der Waals surface area (Å²) in [5.74, 6) is -0.136. The number of benzene rings is 1. The molecule has 3 heteroatoms. The van der Waals surface area contributed by atoms with Gasteiger partial charge in [-0.15, -0.1) is 0 Å². The van der Waals surface area contributed by atoms with Crippen LogP contribution >= 0.6 is 0 Å². The summed E-state index contributed by atoms with van der Waals surface area (Å²) in [6.45, 7) is 1.91. The maximum atomic E-state index is 11.7. The minimum atomic E-state index is -0.136. The second kappa shape index (κ2) is 5.13. The van der Waals surface area contributed by atoms with Crippen LogP contribution in [0.1, 0.15) is 15.9 Å². The Balaban J connectivity index is 3.16. The standard InChI is InChI=1S/C13H14N2O/c1-10-11(13(16)8-5-9-14)6-4-7-12(10)15(2)3/h4-8H,1-3H3. The average molecular weight is 214 g/mol. The Labute approximate surface area is 95.6 Å². The monoisotopic (exact) mass is 214 g/mol. The van der Waals surface area contributed by atoms with Gasteiger partial charge in [0.1, 0.15) is 0 Å². The zero-order valence-corrected chi connectivity index (χ0v) is 9.69. The maximum absolute atomic E-state index is 11.7. The lowest BCUT2D eigenvalue weighted by atomic mass is 10.0. The molecule has 0 aromatic heterocycles.